The second-order valence-electron chi connectivity index (χ2n) is 8.07. The van der Waals surface area contributed by atoms with Gasteiger partial charge in [-0.3, -0.25) is 9.69 Å². The third-order valence-electron chi connectivity index (χ3n) is 6.25. The molecular formula is C23H25FN4OS. The number of piperazine rings is 1. The summed E-state index contributed by atoms with van der Waals surface area (Å²) in [5.74, 6) is 0.871. The zero-order valence-electron chi connectivity index (χ0n) is 17.1. The number of carbonyl (C=O) groups excluding carboxylic acids is 1. The van der Waals surface area contributed by atoms with E-state index in [2.05, 4.69) is 38.4 Å². The monoisotopic (exact) mass is 424 g/mol. The third kappa shape index (κ3) is 3.56. The topological polar surface area (TPSA) is 39.7 Å². The van der Waals surface area contributed by atoms with Gasteiger partial charge in [-0.2, -0.15) is 4.37 Å². The van der Waals surface area contributed by atoms with E-state index in [1.54, 1.807) is 22.5 Å². The van der Waals surface area contributed by atoms with Crippen molar-refractivity contribution in [3.8, 4) is 0 Å². The molecule has 2 aliphatic heterocycles. The first-order valence-electron chi connectivity index (χ1n) is 10.5. The molecule has 156 valence electrons. The molecule has 5 rings (SSSR count). The number of halogens is 1. The number of carbonyl (C=O) groups is 1. The summed E-state index contributed by atoms with van der Waals surface area (Å²) in [6.45, 7) is 6.82. The first kappa shape index (κ1) is 19.5. The molecule has 0 aliphatic carbocycles. The maximum atomic E-state index is 14.7. The first-order valence-corrected chi connectivity index (χ1v) is 11.3. The normalized spacial score (nSPS) is 17.0. The van der Waals surface area contributed by atoms with Crippen LogP contribution in [0.3, 0.4) is 0 Å². The molecule has 3 aromatic rings. The van der Waals surface area contributed by atoms with Gasteiger partial charge in [-0.05, 0) is 53.7 Å². The van der Waals surface area contributed by atoms with E-state index in [-0.39, 0.29) is 11.7 Å². The van der Waals surface area contributed by atoms with E-state index < -0.39 is 0 Å². The highest BCUT2D eigenvalue weighted by Crippen LogP contribution is 2.32. The zero-order chi connectivity index (χ0) is 20.7. The number of rotatable bonds is 4. The number of anilines is 2. The summed E-state index contributed by atoms with van der Waals surface area (Å²) >= 11 is 1.56. The second-order valence-corrected chi connectivity index (χ2v) is 8.88. The van der Waals surface area contributed by atoms with E-state index in [4.69, 9.17) is 0 Å². The molecule has 0 unspecified atom stereocenters. The lowest BCUT2D eigenvalue weighted by Crippen LogP contribution is -2.47. The largest absolute Gasteiger partial charge is 0.353 e. The summed E-state index contributed by atoms with van der Waals surface area (Å²) in [5.41, 5.74) is 2.58. The molecule has 0 saturated carbocycles. The second kappa shape index (κ2) is 7.96. The Morgan fingerprint density at radius 2 is 1.93 bits per heavy atom. The van der Waals surface area contributed by atoms with Crippen molar-refractivity contribution < 1.29 is 9.18 Å². The van der Waals surface area contributed by atoms with Crippen molar-refractivity contribution in [1.82, 2.24) is 9.27 Å². The van der Waals surface area contributed by atoms with Gasteiger partial charge >= 0.3 is 0 Å². The number of aromatic nitrogens is 1. The summed E-state index contributed by atoms with van der Waals surface area (Å²) in [4.78, 5) is 18.1. The highest BCUT2D eigenvalue weighted by Gasteiger charge is 2.25. The van der Waals surface area contributed by atoms with E-state index in [1.165, 1.54) is 17.0 Å². The Kier molecular flexibility index (Phi) is 5.16. The van der Waals surface area contributed by atoms with Gasteiger partial charge in [0.05, 0.1) is 4.70 Å². The highest BCUT2D eigenvalue weighted by molar-refractivity contribution is 7.13. The Balaban J connectivity index is 1.20. The molecule has 1 fully saturated rings. The fraction of sp³-hybridized carbons (Fsp3) is 0.391. The summed E-state index contributed by atoms with van der Waals surface area (Å²) in [6, 6.07) is 11.9. The van der Waals surface area contributed by atoms with Crippen LogP contribution in [0.2, 0.25) is 0 Å². The standard InChI is InChI=1S/C23H25FN4OS/c1-16(29)28-9-7-18-14-17(20(24)15-21(18)28)6-8-26-10-12-27(13-11-26)23-19-4-2-3-5-22(19)30-25-23/h2-5,14-15H,6-13H2,1H3. The van der Waals surface area contributed by atoms with Crippen LogP contribution in [0, 0.1) is 5.82 Å². The van der Waals surface area contributed by atoms with Gasteiger partial charge in [-0.25, -0.2) is 4.39 Å². The summed E-state index contributed by atoms with van der Waals surface area (Å²) in [5, 5.41) is 1.23. The molecule has 1 aromatic heterocycles. The van der Waals surface area contributed by atoms with Crippen LogP contribution in [-0.2, 0) is 17.6 Å². The minimum absolute atomic E-state index is 0.0216. The number of nitrogens with zero attached hydrogens (tertiary/aromatic N) is 4. The first-order chi connectivity index (χ1) is 14.6. The third-order valence-corrected chi connectivity index (χ3v) is 7.07. The van der Waals surface area contributed by atoms with Crippen LogP contribution in [0.4, 0.5) is 15.9 Å². The average molecular weight is 425 g/mol. The quantitative estimate of drug-likeness (QED) is 0.640. The molecule has 30 heavy (non-hydrogen) atoms. The van der Waals surface area contributed by atoms with Crippen LogP contribution in [0.1, 0.15) is 18.1 Å². The van der Waals surface area contributed by atoms with Crippen LogP contribution in [-0.4, -0.2) is 54.4 Å². The summed E-state index contributed by atoms with van der Waals surface area (Å²) in [6.07, 6.45) is 1.50. The van der Waals surface area contributed by atoms with E-state index in [0.29, 0.717) is 13.0 Å². The van der Waals surface area contributed by atoms with Gasteiger partial charge in [-0.1, -0.05) is 18.2 Å². The molecule has 0 spiro atoms. The van der Waals surface area contributed by atoms with Crippen LogP contribution in [0.5, 0.6) is 0 Å². The molecule has 2 aromatic carbocycles. The van der Waals surface area contributed by atoms with Crippen molar-refractivity contribution in [3.05, 3.63) is 53.3 Å². The van der Waals surface area contributed by atoms with E-state index in [0.717, 1.165) is 61.8 Å². The Hall–Kier alpha value is -2.51. The highest BCUT2D eigenvalue weighted by atomic mass is 32.1. The molecule has 0 radical (unpaired) electrons. The van der Waals surface area contributed by atoms with Crippen LogP contribution in [0.25, 0.3) is 10.1 Å². The van der Waals surface area contributed by atoms with Crippen molar-refractivity contribution in [2.24, 2.45) is 0 Å². The van der Waals surface area contributed by atoms with E-state index >= 15 is 0 Å². The van der Waals surface area contributed by atoms with Gasteiger partial charge in [0.2, 0.25) is 5.91 Å². The molecule has 3 heterocycles. The average Bonchev–Trinajstić information content (AvgIpc) is 3.36. The lowest BCUT2D eigenvalue weighted by Gasteiger charge is -2.35. The van der Waals surface area contributed by atoms with Crippen molar-refractivity contribution in [3.63, 3.8) is 0 Å². The minimum atomic E-state index is -0.200. The maximum Gasteiger partial charge on any atom is 0.223 e. The van der Waals surface area contributed by atoms with Crippen LogP contribution in [0.15, 0.2) is 36.4 Å². The molecule has 7 heteroatoms. The Labute approximate surface area is 179 Å². The van der Waals surface area contributed by atoms with Crippen LogP contribution < -0.4 is 9.80 Å². The molecule has 1 saturated heterocycles. The van der Waals surface area contributed by atoms with Crippen molar-refractivity contribution in [2.45, 2.75) is 19.8 Å². The molecular weight excluding hydrogens is 399 g/mol. The van der Waals surface area contributed by atoms with Crippen molar-refractivity contribution >= 4 is 39.0 Å². The Morgan fingerprint density at radius 3 is 2.73 bits per heavy atom. The van der Waals surface area contributed by atoms with Crippen molar-refractivity contribution in [1.29, 1.82) is 0 Å². The lowest BCUT2D eigenvalue weighted by molar-refractivity contribution is -0.116. The predicted octanol–water partition coefficient (Wildman–Crippen LogP) is 3.71. The maximum absolute atomic E-state index is 14.7. The van der Waals surface area contributed by atoms with Gasteiger partial charge in [0, 0.05) is 57.3 Å². The summed E-state index contributed by atoms with van der Waals surface area (Å²) < 4.78 is 20.6. The van der Waals surface area contributed by atoms with Gasteiger partial charge in [-0.15, -0.1) is 0 Å². The van der Waals surface area contributed by atoms with Gasteiger partial charge in [0.1, 0.15) is 11.6 Å². The van der Waals surface area contributed by atoms with Gasteiger partial charge < -0.3 is 9.80 Å². The molecule has 2 aliphatic rings. The zero-order valence-corrected chi connectivity index (χ0v) is 17.9. The number of hydrogen-bond acceptors (Lipinski definition) is 5. The van der Waals surface area contributed by atoms with Gasteiger partial charge in [0.25, 0.3) is 0 Å². The smallest absolute Gasteiger partial charge is 0.223 e. The minimum Gasteiger partial charge on any atom is -0.353 e. The predicted molar refractivity (Wildman–Crippen MR) is 120 cm³/mol. The lowest BCUT2D eigenvalue weighted by atomic mass is 10.0. The number of fused-ring (bicyclic) bond motifs is 2. The molecule has 0 N–H and O–H groups in total. The number of amides is 1. The number of benzene rings is 2. The fourth-order valence-electron chi connectivity index (χ4n) is 4.54. The van der Waals surface area contributed by atoms with E-state index in [1.807, 2.05) is 6.07 Å². The molecule has 1 amide bonds. The van der Waals surface area contributed by atoms with Crippen molar-refractivity contribution in [2.75, 3.05) is 49.1 Å². The molecule has 0 atom stereocenters. The SMILES string of the molecule is CC(=O)N1CCc2cc(CCN3CCN(c4nsc5ccccc45)CC3)c(F)cc21. The number of hydrogen-bond donors (Lipinski definition) is 0. The van der Waals surface area contributed by atoms with E-state index in [9.17, 15) is 9.18 Å². The fourth-order valence-corrected chi connectivity index (χ4v) is 5.34. The Morgan fingerprint density at radius 1 is 1.13 bits per heavy atom. The summed E-state index contributed by atoms with van der Waals surface area (Å²) in [7, 11) is 0. The molecule has 5 nitrogen and oxygen atoms in total. The molecule has 0 bridgehead atoms. The Bertz CT molecular complexity index is 1090. The van der Waals surface area contributed by atoms with Gasteiger partial charge in [0.15, 0.2) is 0 Å². The van der Waals surface area contributed by atoms with Crippen LogP contribution >= 0.6 is 11.5 Å².